The SMILES string of the molecule is Cc1c(Oc2ccnc3cc(Cl)ccc23)cccc1C(=O)NCc1ccc(C#N)c(F)c1. The van der Waals surface area contributed by atoms with Crippen molar-refractivity contribution in [1.82, 2.24) is 10.3 Å². The zero-order chi connectivity index (χ0) is 22.7. The summed E-state index contributed by atoms with van der Waals surface area (Å²) in [5.74, 6) is 0.200. The number of carbonyl (C=O) groups excluding carboxylic acids is 1. The summed E-state index contributed by atoms with van der Waals surface area (Å²) in [5, 5.41) is 13.0. The number of amides is 1. The lowest BCUT2D eigenvalue weighted by Crippen LogP contribution is -2.23. The standard InChI is InChI=1S/C25H17ClFN3O2/c1-15-19(25(31)30-14-16-5-6-17(13-28)21(27)11-16)3-2-4-23(15)32-24-9-10-29-22-12-18(26)7-8-20(22)24/h2-12H,14H2,1H3,(H,30,31). The van der Waals surface area contributed by atoms with E-state index in [4.69, 9.17) is 21.6 Å². The Kier molecular flexibility index (Phi) is 6.02. The van der Waals surface area contributed by atoms with Gasteiger partial charge < -0.3 is 10.1 Å². The molecular weight excluding hydrogens is 429 g/mol. The lowest BCUT2D eigenvalue weighted by Gasteiger charge is -2.14. The van der Waals surface area contributed by atoms with Crippen LogP contribution >= 0.6 is 11.6 Å². The predicted octanol–water partition coefficient (Wildman–Crippen LogP) is 5.93. The normalized spacial score (nSPS) is 10.6. The zero-order valence-corrected chi connectivity index (χ0v) is 17.8. The third-order valence-electron chi connectivity index (χ3n) is 5.02. The molecule has 0 bridgehead atoms. The molecule has 3 aromatic carbocycles. The molecule has 0 radical (unpaired) electrons. The second-order valence-corrected chi connectivity index (χ2v) is 7.55. The highest BCUT2D eigenvalue weighted by Gasteiger charge is 2.14. The Labute approximate surface area is 189 Å². The molecular formula is C25H17ClFN3O2. The second kappa shape index (κ2) is 9.04. The number of hydrogen-bond acceptors (Lipinski definition) is 4. The van der Waals surface area contributed by atoms with Crippen LogP contribution in [-0.4, -0.2) is 10.9 Å². The number of nitriles is 1. The molecule has 4 aromatic rings. The molecule has 0 saturated carbocycles. The van der Waals surface area contributed by atoms with Crippen LogP contribution in [0.15, 0.2) is 66.9 Å². The number of nitrogens with one attached hydrogen (secondary N) is 1. The van der Waals surface area contributed by atoms with Gasteiger partial charge in [-0.25, -0.2) is 4.39 Å². The van der Waals surface area contributed by atoms with Crippen molar-refractivity contribution in [3.05, 3.63) is 100.0 Å². The van der Waals surface area contributed by atoms with Gasteiger partial charge in [-0.15, -0.1) is 0 Å². The number of hydrogen-bond donors (Lipinski definition) is 1. The van der Waals surface area contributed by atoms with Crippen molar-refractivity contribution in [2.24, 2.45) is 0 Å². The molecule has 0 aliphatic rings. The van der Waals surface area contributed by atoms with Crippen molar-refractivity contribution >= 4 is 28.4 Å². The molecule has 5 nitrogen and oxygen atoms in total. The van der Waals surface area contributed by atoms with Gasteiger partial charge in [-0.05, 0) is 61.0 Å². The summed E-state index contributed by atoms with van der Waals surface area (Å²) in [6.07, 6.45) is 1.64. The summed E-state index contributed by atoms with van der Waals surface area (Å²) < 4.78 is 19.9. The van der Waals surface area contributed by atoms with Crippen molar-refractivity contribution in [1.29, 1.82) is 5.26 Å². The summed E-state index contributed by atoms with van der Waals surface area (Å²) in [6.45, 7) is 1.92. The molecule has 0 fully saturated rings. The van der Waals surface area contributed by atoms with Gasteiger partial charge in [-0.3, -0.25) is 9.78 Å². The van der Waals surface area contributed by atoms with Crippen LogP contribution in [0.3, 0.4) is 0 Å². The number of fused-ring (bicyclic) bond motifs is 1. The number of halogens is 2. The van der Waals surface area contributed by atoms with Crippen LogP contribution in [0.5, 0.6) is 11.5 Å². The molecule has 0 aliphatic carbocycles. The van der Waals surface area contributed by atoms with E-state index in [1.54, 1.807) is 61.7 Å². The Morgan fingerprint density at radius 2 is 2.00 bits per heavy atom. The number of rotatable bonds is 5. The minimum absolute atomic E-state index is 0.0355. The fraction of sp³-hybridized carbons (Fsp3) is 0.0800. The van der Waals surface area contributed by atoms with Gasteiger partial charge in [-0.1, -0.05) is 23.7 Å². The van der Waals surface area contributed by atoms with E-state index in [0.29, 0.717) is 38.7 Å². The Balaban J connectivity index is 1.54. The van der Waals surface area contributed by atoms with Crippen LogP contribution in [-0.2, 0) is 6.54 Å². The molecule has 158 valence electrons. The van der Waals surface area contributed by atoms with Crippen molar-refractivity contribution < 1.29 is 13.9 Å². The first-order chi connectivity index (χ1) is 15.5. The first kappa shape index (κ1) is 21.3. The van der Waals surface area contributed by atoms with Crippen molar-refractivity contribution in [3.63, 3.8) is 0 Å². The summed E-state index contributed by atoms with van der Waals surface area (Å²) in [4.78, 5) is 17.1. The number of nitrogens with zero attached hydrogens (tertiary/aromatic N) is 2. The van der Waals surface area contributed by atoms with E-state index in [0.717, 1.165) is 5.39 Å². The average Bonchev–Trinajstić information content (AvgIpc) is 2.79. The Morgan fingerprint density at radius 1 is 1.16 bits per heavy atom. The van der Waals surface area contributed by atoms with Gasteiger partial charge >= 0.3 is 0 Å². The molecule has 1 aromatic heterocycles. The van der Waals surface area contributed by atoms with Crippen molar-refractivity contribution in [3.8, 4) is 17.6 Å². The summed E-state index contributed by atoms with van der Waals surface area (Å²) in [5.41, 5.74) is 2.33. The van der Waals surface area contributed by atoms with E-state index in [-0.39, 0.29) is 18.0 Å². The molecule has 1 amide bonds. The number of pyridine rings is 1. The highest BCUT2D eigenvalue weighted by atomic mass is 35.5. The lowest BCUT2D eigenvalue weighted by atomic mass is 10.1. The van der Waals surface area contributed by atoms with Gasteiger partial charge in [0.25, 0.3) is 5.91 Å². The van der Waals surface area contributed by atoms with E-state index in [2.05, 4.69) is 10.3 Å². The highest BCUT2D eigenvalue weighted by molar-refractivity contribution is 6.31. The smallest absolute Gasteiger partial charge is 0.251 e. The van der Waals surface area contributed by atoms with E-state index in [1.807, 2.05) is 6.07 Å². The summed E-state index contributed by atoms with van der Waals surface area (Å²) in [6, 6.07) is 18.3. The highest BCUT2D eigenvalue weighted by Crippen LogP contribution is 2.32. The molecule has 0 unspecified atom stereocenters. The van der Waals surface area contributed by atoms with Crippen molar-refractivity contribution in [2.45, 2.75) is 13.5 Å². The fourth-order valence-corrected chi connectivity index (χ4v) is 3.48. The van der Waals surface area contributed by atoms with Gasteiger partial charge in [0.05, 0.1) is 11.1 Å². The molecule has 32 heavy (non-hydrogen) atoms. The predicted molar refractivity (Wildman–Crippen MR) is 120 cm³/mol. The van der Waals surface area contributed by atoms with Crippen LogP contribution in [0.4, 0.5) is 4.39 Å². The van der Waals surface area contributed by atoms with Crippen LogP contribution in [0.2, 0.25) is 5.02 Å². The second-order valence-electron chi connectivity index (χ2n) is 7.11. The minimum Gasteiger partial charge on any atom is -0.456 e. The topological polar surface area (TPSA) is 75.0 Å². The fourth-order valence-electron chi connectivity index (χ4n) is 3.31. The van der Waals surface area contributed by atoms with Crippen LogP contribution in [0, 0.1) is 24.1 Å². The Hall–Kier alpha value is -3.95. The lowest BCUT2D eigenvalue weighted by molar-refractivity contribution is 0.0950. The molecule has 0 saturated heterocycles. The maximum Gasteiger partial charge on any atom is 0.251 e. The van der Waals surface area contributed by atoms with E-state index >= 15 is 0 Å². The number of carbonyl (C=O) groups is 1. The molecule has 1 N–H and O–H groups in total. The van der Waals surface area contributed by atoms with Gasteiger partial charge in [0.15, 0.2) is 0 Å². The summed E-state index contributed by atoms with van der Waals surface area (Å²) >= 11 is 6.05. The Morgan fingerprint density at radius 3 is 2.78 bits per heavy atom. The van der Waals surface area contributed by atoms with Crippen LogP contribution < -0.4 is 10.1 Å². The largest absolute Gasteiger partial charge is 0.456 e. The molecule has 0 spiro atoms. The molecule has 0 atom stereocenters. The van der Waals surface area contributed by atoms with Crippen LogP contribution in [0.25, 0.3) is 10.9 Å². The Bertz CT molecular complexity index is 1380. The van der Waals surface area contributed by atoms with Gasteiger partial charge in [0, 0.05) is 34.3 Å². The molecule has 1 heterocycles. The first-order valence-corrected chi connectivity index (χ1v) is 10.1. The van der Waals surface area contributed by atoms with Gasteiger partial charge in [0.1, 0.15) is 23.4 Å². The monoisotopic (exact) mass is 445 g/mol. The van der Waals surface area contributed by atoms with Crippen molar-refractivity contribution in [2.75, 3.05) is 0 Å². The maximum absolute atomic E-state index is 13.8. The number of benzene rings is 3. The quantitative estimate of drug-likeness (QED) is 0.413. The first-order valence-electron chi connectivity index (χ1n) is 9.74. The molecule has 7 heteroatoms. The van der Waals surface area contributed by atoms with E-state index in [9.17, 15) is 9.18 Å². The minimum atomic E-state index is -0.614. The zero-order valence-electron chi connectivity index (χ0n) is 17.0. The number of ether oxygens (including phenoxy) is 1. The molecule has 4 rings (SSSR count). The third-order valence-corrected chi connectivity index (χ3v) is 5.26. The van der Waals surface area contributed by atoms with Gasteiger partial charge in [-0.2, -0.15) is 5.26 Å². The molecule has 0 aliphatic heterocycles. The van der Waals surface area contributed by atoms with Gasteiger partial charge in [0.2, 0.25) is 0 Å². The third kappa shape index (κ3) is 4.39. The van der Waals surface area contributed by atoms with E-state index in [1.165, 1.54) is 12.1 Å². The number of aromatic nitrogens is 1. The average molecular weight is 446 g/mol. The van der Waals surface area contributed by atoms with Crippen LogP contribution in [0.1, 0.15) is 27.0 Å². The summed E-state index contributed by atoms with van der Waals surface area (Å²) in [7, 11) is 0. The van der Waals surface area contributed by atoms with E-state index < -0.39 is 5.82 Å². The maximum atomic E-state index is 13.8.